The van der Waals surface area contributed by atoms with E-state index in [-0.39, 0.29) is 5.56 Å². The van der Waals surface area contributed by atoms with Crippen LogP contribution in [0.3, 0.4) is 0 Å². The molecule has 19 heavy (non-hydrogen) atoms. The maximum Gasteiger partial charge on any atom is 0.254 e. The molecule has 104 valence electrons. The van der Waals surface area contributed by atoms with Gasteiger partial charge in [0.25, 0.3) is 5.56 Å². The quantitative estimate of drug-likeness (QED) is 0.777. The number of aromatic nitrogens is 2. The fraction of sp³-hybridized carbons (Fsp3) is 0.714. The van der Waals surface area contributed by atoms with Crippen molar-refractivity contribution in [3.8, 4) is 0 Å². The van der Waals surface area contributed by atoms with Crippen molar-refractivity contribution in [2.75, 3.05) is 19.6 Å². The Balaban J connectivity index is 1.67. The molecular weight excluding hydrogens is 262 g/mol. The maximum absolute atomic E-state index is 12.0. The highest BCUT2D eigenvalue weighted by atomic mass is 35.5. The molecule has 0 aromatic carbocycles. The van der Waals surface area contributed by atoms with Crippen molar-refractivity contribution in [1.29, 1.82) is 0 Å². The van der Waals surface area contributed by atoms with Crippen LogP contribution in [0, 0.1) is 0 Å². The van der Waals surface area contributed by atoms with Gasteiger partial charge in [0.1, 0.15) is 11.0 Å². The molecule has 0 N–H and O–H groups in total. The van der Waals surface area contributed by atoms with Crippen molar-refractivity contribution in [2.45, 2.75) is 44.6 Å². The summed E-state index contributed by atoms with van der Waals surface area (Å²) >= 11 is 5.90. The molecule has 4 nitrogen and oxygen atoms in total. The average Bonchev–Trinajstić information content (AvgIpc) is 3.09. The third-order valence-corrected chi connectivity index (χ3v) is 4.20. The smallest absolute Gasteiger partial charge is 0.254 e. The predicted molar refractivity (Wildman–Crippen MR) is 75.8 cm³/mol. The van der Waals surface area contributed by atoms with Crippen LogP contribution in [0.25, 0.3) is 0 Å². The standard InChI is InChI=1S/C14H20ClN3O/c15-12-10-13(19)18(14(16-12)11-4-5-11)9-3-8-17-6-1-2-7-17/h10-11H,1-9H2. The van der Waals surface area contributed by atoms with Crippen LogP contribution in [0.1, 0.15) is 43.8 Å². The monoisotopic (exact) mass is 281 g/mol. The Kier molecular flexibility index (Phi) is 3.89. The summed E-state index contributed by atoms with van der Waals surface area (Å²) in [6, 6.07) is 1.43. The van der Waals surface area contributed by atoms with Gasteiger partial charge in [-0.05, 0) is 51.7 Å². The van der Waals surface area contributed by atoms with E-state index >= 15 is 0 Å². The maximum atomic E-state index is 12.0. The number of nitrogens with zero attached hydrogens (tertiary/aromatic N) is 3. The highest BCUT2D eigenvalue weighted by molar-refractivity contribution is 6.29. The Bertz CT molecular complexity index is 504. The molecule has 1 saturated carbocycles. The Morgan fingerprint density at radius 3 is 2.68 bits per heavy atom. The van der Waals surface area contributed by atoms with Gasteiger partial charge in [0, 0.05) is 18.5 Å². The van der Waals surface area contributed by atoms with E-state index in [1.54, 1.807) is 0 Å². The molecule has 1 aliphatic carbocycles. The molecule has 0 atom stereocenters. The molecule has 3 rings (SSSR count). The predicted octanol–water partition coefficient (Wildman–Crippen LogP) is 2.26. The molecule has 1 saturated heterocycles. The summed E-state index contributed by atoms with van der Waals surface area (Å²) in [5, 5.41) is 0.336. The lowest BCUT2D eigenvalue weighted by atomic mass is 10.3. The van der Waals surface area contributed by atoms with E-state index in [1.807, 2.05) is 4.57 Å². The van der Waals surface area contributed by atoms with Crippen LogP contribution >= 0.6 is 11.6 Å². The minimum absolute atomic E-state index is 0.00308. The van der Waals surface area contributed by atoms with Gasteiger partial charge in [0.05, 0.1) is 0 Å². The van der Waals surface area contributed by atoms with Gasteiger partial charge in [0.2, 0.25) is 0 Å². The summed E-state index contributed by atoms with van der Waals surface area (Å²) in [5.74, 6) is 1.36. The summed E-state index contributed by atoms with van der Waals surface area (Å²) < 4.78 is 1.83. The third kappa shape index (κ3) is 3.18. The van der Waals surface area contributed by atoms with Gasteiger partial charge in [-0.2, -0.15) is 0 Å². The summed E-state index contributed by atoms with van der Waals surface area (Å²) in [6.07, 6.45) is 5.92. The lowest BCUT2D eigenvalue weighted by Crippen LogP contribution is -2.27. The first-order valence-electron chi connectivity index (χ1n) is 7.23. The molecule has 1 aromatic heterocycles. The molecule has 0 radical (unpaired) electrons. The van der Waals surface area contributed by atoms with Crippen molar-refractivity contribution < 1.29 is 0 Å². The molecular formula is C14H20ClN3O. The number of likely N-dealkylation sites (tertiary alicyclic amines) is 1. The second kappa shape index (κ2) is 5.63. The Morgan fingerprint density at radius 2 is 2.00 bits per heavy atom. The average molecular weight is 282 g/mol. The number of halogens is 1. The van der Waals surface area contributed by atoms with Crippen LogP contribution in [0.15, 0.2) is 10.9 Å². The number of hydrogen-bond acceptors (Lipinski definition) is 3. The van der Waals surface area contributed by atoms with Gasteiger partial charge in [0.15, 0.2) is 0 Å². The van der Waals surface area contributed by atoms with Crippen molar-refractivity contribution in [2.24, 2.45) is 0 Å². The molecule has 0 bridgehead atoms. The minimum Gasteiger partial charge on any atom is -0.303 e. The molecule has 0 unspecified atom stereocenters. The van der Waals surface area contributed by atoms with Gasteiger partial charge >= 0.3 is 0 Å². The second-order valence-corrected chi connectivity index (χ2v) is 5.99. The van der Waals surface area contributed by atoms with Gasteiger partial charge in [-0.3, -0.25) is 9.36 Å². The first-order chi connectivity index (χ1) is 9.24. The fourth-order valence-corrected chi connectivity index (χ4v) is 3.01. The highest BCUT2D eigenvalue weighted by Gasteiger charge is 2.28. The van der Waals surface area contributed by atoms with Gasteiger partial charge in [-0.1, -0.05) is 11.6 Å². The summed E-state index contributed by atoms with van der Waals surface area (Å²) in [4.78, 5) is 18.9. The largest absolute Gasteiger partial charge is 0.303 e. The van der Waals surface area contributed by atoms with Crippen LogP contribution in [0.4, 0.5) is 0 Å². The Hall–Kier alpha value is -0.870. The van der Waals surface area contributed by atoms with Crippen molar-refractivity contribution in [3.63, 3.8) is 0 Å². The Labute approximate surface area is 118 Å². The normalized spacial score (nSPS) is 20.1. The molecule has 2 aliphatic rings. The zero-order chi connectivity index (χ0) is 13.2. The van der Waals surface area contributed by atoms with Crippen LogP contribution in [-0.4, -0.2) is 34.1 Å². The molecule has 2 heterocycles. The molecule has 5 heteroatoms. The molecule has 1 aliphatic heterocycles. The van der Waals surface area contributed by atoms with E-state index in [9.17, 15) is 4.79 Å². The van der Waals surface area contributed by atoms with Crippen LogP contribution < -0.4 is 5.56 Å². The molecule has 1 aromatic rings. The van der Waals surface area contributed by atoms with E-state index in [0.717, 1.165) is 38.2 Å². The first kappa shape index (κ1) is 13.1. The third-order valence-electron chi connectivity index (χ3n) is 4.00. The van der Waals surface area contributed by atoms with Crippen LogP contribution in [0.2, 0.25) is 5.15 Å². The highest BCUT2D eigenvalue weighted by Crippen LogP contribution is 2.38. The van der Waals surface area contributed by atoms with Crippen molar-refractivity contribution in [3.05, 3.63) is 27.4 Å². The Morgan fingerprint density at radius 1 is 1.26 bits per heavy atom. The van der Waals surface area contributed by atoms with Crippen molar-refractivity contribution >= 4 is 11.6 Å². The van der Waals surface area contributed by atoms with E-state index in [4.69, 9.17) is 11.6 Å². The van der Waals surface area contributed by atoms with Crippen molar-refractivity contribution in [1.82, 2.24) is 14.5 Å². The molecule has 2 fully saturated rings. The lowest BCUT2D eigenvalue weighted by Gasteiger charge is -2.16. The molecule has 0 amide bonds. The topological polar surface area (TPSA) is 38.1 Å². The van der Waals surface area contributed by atoms with Gasteiger partial charge in [-0.15, -0.1) is 0 Å². The number of hydrogen-bond donors (Lipinski definition) is 0. The SMILES string of the molecule is O=c1cc(Cl)nc(C2CC2)n1CCCN1CCCC1. The zero-order valence-electron chi connectivity index (χ0n) is 11.1. The zero-order valence-corrected chi connectivity index (χ0v) is 11.9. The molecule has 0 spiro atoms. The van der Waals surface area contributed by atoms with E-state index in [0.29, 0.717) is 11.1 Å². The van der Waals surface area contributed by atoms with E-state index in [1.165, 1.54) is 32.0 Å². The van der Waals surface area contributed by atoms with E-state index in [2.05, 4.69) is 9.88 Å². The minimum atomic E-state index is 0.00308. The summed E-state index contributed by atoms with van der Waals surface area (Å²) in [6.45, 7) is 4.27. The summed E-state index contributed by atoms with van der Waals surface area (Å²) in [5.41, 5.74) is 0.00308. The van der Waals surface area contributed by atoms with E-state index < -0.39 is 0 Å². The van der Waals surface area contributed by atoms with Crippen LogP contribution in [-0.2, 0) is 6.54 Å². The van der Waals surface area contributed by atoms with Crippen LogP contribution in [0.5, 0.6) is 0 Å². The summed E-state index contributed by atoms with van der Waals surface area (Å²) in [7, 11) is 0. The number of rotatable bonds is 5. The fourth-order valence-electron chi connectivity index (χ4n) is 2.83. The van der Waals surface area contributed by atoms with Gasteiger partial charge in [-0.25, -0.2) is 4.98 Å². The lowest BCUT2D eigenvalue weighted by molar-refractivity contribution is 0.323. The van der Waals surface area contributed by atoms with Gasteiger partial charge < -0.3 is 4.90 Å². The first-order valence-corrected chi connectivity index (χ1v) is 7.61. The second-order valence-electron chi connectivity index (χ2n) is 5.60.